The van der Waals surface area contributed by atoms with Gasteiger partial charge in [0, 0.05) is 3.57 Å². The molecule has 0 aliphatic carbocycles. The minimum Gasteiger partial charge on any atom is -0.462 e. The van der Waals surface area contributed by atoms with Gasteiger partial charge < -0.3 is 9.47 Å². The smallest absolute Gasteiger partial charge is 0.344 e. The number of hydrogen-bond donors (Lipinski definition) is 0. The monoisotopic (exact) mass is 374 g/mol. The predicted molar refractivity (Wildman–Crippen MR) is 79.6 cm³/mol. The Hall–Kier alpha value is -1.37. The van der Waals surface area contributed by atoms with Crippen LogP contribution in [0.3, 0.4) is 0 Å². The van der Waals surface area contributed by atoms with Gasteiger partial charge in [0.05, 0.1) is 18.2 Å². The van der Waals surface area contributed by atoms with Crippen LogP contribution in [0.25, 0.3) is 0 Å². The van der Waals surface area contributed by atoms with E-state index in [4.69, 9.17) is 9.47 Å². The summed E-state index contributed by atoms with van der Waals surface area (Å²) in [6.07, 6.45) is 3.93. The van der Waals surface area contributed by atoms with Gasteiger partial charge in [0.2, 0.25) is 0 Å². The van der Waals surface area contributed by atoms with E-state index in [0.717, 1.165) is 28.7 Å². The van der Waals surface area contributed by atoms with Crippen molar-refractivity contribution in [2.45, 2.75) is 19.8 Å². The van der Waals surface area contributed by atoms with Crippen LogP contribution in [-0.4, -0.2) is 18.5 Å². The van der Waals surface area contributed by atoms with E-state index in [-0.39, 0.29) is 0 Å². The first-order valence-electron chi connectivity index (χ1n) is 5.94. The number of ether oxygens (including phenoxy) is 2. The highest BCUT2D eigenvalue weighted by molar-refractivity contribution is 14.1. The summed E-state index contributed by atoms with van der Waals surface area (Å²) in [6.45, 7) is 2.39. The summed E-state index contributed by atoms with van der Waals surface area (Å²) >= 11 is 2.05. The third kappa shape index (κ3) is 5.87. The molecule has 0 spiro atoms. The summed E-state index contributed by atoms with van der Waals surface area (Å²) in [5, 5.41) is 0. The van der Waals surface area contributed by atoms with Crippen LogP contribution < -0.4 is 0 Å². The zero-order valence-electron chi connectivity index (χ0n) is 10.6. The third-order valence-corrected chi connectivity index (χ3v) is 3.16. The molecule has 4 nitrogen and oxygen atoms in total. The van der Waals surface area contributed by atoms with E-state index in [9.17, 15) is 9.59 Å². The first kappa shape index (κ1) is 15.7. The maximum atomic E-state index is 11.7. The van der Waals surface area contributed by atoms with Crippen molar-refractivity contribution in [3.8, 4) is 0 Å². The molecule has 1 aromatic rings. The van der Waals surface area contributed by atoms with Gasteiger partial charge in [-0.25, -0.2) is 9.59 Å². The number of benzene rings is 1. The number of esters is 2. The van der Waals surface area contributed by atoms with Crippen LogP contribution in [0.1, 0.15) is 30.1 Å². The maximum absolute atomic E-state index is 11.7. The molecule has 0 aromatic heterocycles. The molecule has 0 bridgehead atoms. The second-order valence-electron chi connectivity index (χ2n) is 3.71. The zero-order chi connectivity index (χ0) is 14.1. The van der Waals surface area contributed by atoms with Crippen LogP contribution in [0.2, 0.25) is 0 Å². The van der Waals surface area contributed by atoms with Gasteiger partial charge in [-0.05, 0) is 41.1 Å². The van der Waals surface area contributed by atoms with Crippen molar-refractivity contribution in [1.29, 1.82) is 0 Å². The molecule has 0 atom stereocenters. The summed E-state index contributed by atoms with van der Waals surface area (Å²) in [4.78, 5) is 22.9. The minimum atomic E-state index is -0.510. The van der Waals surface area contributed by atoms with Gasteiger partial charge in [0.25, 0.3) is 0 Å². The molecule has 0 unspecified atom stereocenters. The molecule has 0 saturated carbocycles. The molecule has 0 fully saturated rings. The highest BCUT2D eigenvalue weighted by atomic mass is 127. The SMILES string of the molecule is CCCCOC(=O)/C=C/OC(=O)c1ccccc1I. The summed E-state index contributed by atoms with van der Waals surface area (Å²) in [5.74, 6) is -1.01. The van der Waals surface area contributed by atoms with E-state index < -0.39 is 11.9 Å². The van der Waals surface area contributed by atoms with Gasteiger partial charge in [-0.1, -0.05) is 25.5 Å². The fraction of sp³-hybridized carbons (Fsp3) is 0.286. The van der Waals surface area contributed by atoms with Crippen molar-refractivity contribution in [3.63, 3.8) is 0 Å². The van der Waals surface area contributed by atoms with Crippen LogP contribution in [0.5, 0.6) is 0 Å². The van der Waals surface area contributed by atoms with E-state index in [1.54, 1.807) is 18.2 Å². The topological polar surface area (TPSA) is 52.6 Å². The Balaban J connectivity index is 2.42. The van der Waals surface area contributed by atoms with Crippen LogP contribution in [0, 0.1) is 3.57 Å². The molecule has 102 valence electrons. The molecule has 0 aliphatic heterocycles. The summed E-state index contributed by atoms with van der Waals surface area (Å²) in [6, 6.07) is 7.05. The van der Waals surface area contributed by atoms with E-state index in [0.29, 0.717) is 12.2 Å². The van der Waals surface area contributed by atoms with Crippen LogP contribution in [0.4, 0.5) is 0 Å². The van der Waals surface area contributed by atoms with E-state index in [1.165, 1.54) is 0 Å². The lowest BCUT2D eigenvalue weighted by Crippen LogP contribution is -2.05. The van der Waals surface area contributed by atoms with Gasteiger partial charge in [0.15, 0.2) is 0 Å². The molecule has 5 heteroatoms. The van der Waals surface area contributed by atoms with Crippen molar-refractivity contribution in [2.24, 2.45) is 0 Å². The Labute approximate surface area is 125 Å². The average Bonchev–Trinajstić information content (AvgIpc) is 2.39. The highest BCUT2D eigenvalue weighted by Crippen LogP contribution is 2.12. The highest BCUT2D eigenvalue weighted by Gasteiger charge is 2.09. The Morgan fingerprint density at radius 1 is 1.32 bits per heavy atom. The van der Waals surface area contributed by atoms with Gasteiger partial charge in [-0.3, -0.25) is 0 Å². The largest absolute Gasteiger partial charge is 0.462 e. The van der Waals surface area contributed by atoms with Crippen molar-refractivity contribution < 1.29 is 19.1 Å². The molecule has 0 amide bonds. The first-order valence-corrected chi connectivity index (χ1v) is 7.02. The maximum Gasteiger partial charge on any atom is 0.344 e. The molecular weight excluding hydrogens is 359 g/mol. The van der Waals surface area contributed by atoms with E-state index >= 15 is 0 Å². The average molecular weight is 374 g/mol. The summed E-state index contributed by atoms with van der Waals surface area (Å²) in [5.41, 5.74) is 0.465. The molecule has 0 saturated heterocycles. The Morgan fingerprint density at radius 2 is 2.05 bits per heavy atom. The van der Waals surface area contributed by atoms with Crippen molar-refractivity contribution in [3.05, 3.63) is 45.7 Å². The molecule has 0 aliphatic rings. The van der Waals surface area contributed by atoms with Crippen LogP contribution in [-0.2, 0) is 14.3 Å². The van der Waals surface area contributed by atoms with E-state index in [1.807, 2.05) is 35.6 Å². The predicted octanol–water partition coefficient (Wildman–Crippen LogP) is 3.31. The van der Waals surface area contributed by atoms with Gasteiger partial charge in [0.1, 0.15) is 6.26 Å². The minimum absolute atomic E-state index is 0.379. The zero-order valence-corrected chi connectivity index (χ0v) is 12.8. The molecule has 1 aromatic carbocycles. The molecule has 0 N–H and O–H groups in total. The Kier molecular flexibility index (Phi) is 7.17. The standard InChI is InChI=1S/C14H15IO4/c1-2-3-9-18-13(16)8-10-19-14(17)11-6-4-5-7-12(11)15/h4-8,10H,2-3,9H2,1H3/b10-8+. The van der Waals surface area contributed by atoms with Crippen molar-refractivity contribution >= 4 is 34.5 Å². The number of hydrogen-bond acceptors (Lipinski definition) is 4. The lowest BCUT2D eigenvalue weighted by molar-refractivity contribution is -0.137. The molecule has 0 radical (unpaired) electrons. The number of halogens is 1. The Bertz CT molecular complexity index is 468. The number of unbranched alkanes of at least 4 members (excludes halogenated alkanes) is 1. The van der Waals surface area contributed by atoms with Gasteiger partial charge in [-0.2, -0.15) is 0 Å². The van der Waals surface area contributed by atoms with Gasteiger partial charge in [-0.15, -0.1) is 0 Å². The summed E-state index contributed by atoms with van der Waals surface area (Å²) in [7, 11) is 0. The lowest BCUT2D eigenvalue weighted by Gasteiger charge is -2.02. The molecule has 0 heterocycles. The van der Waals surface area contributed by atoms with Crippen molar-refractivity contribution in [2.75, 3.05) is 6.61 Å². The quantitative estimate of drug-likeness (QED) is 0.252. The number of carbonyl (C=O) groups excluding carboxylic acids is 2. The number of carbonyl (C=O) groups is 2. The molecule has 1 rings (SSSR count). The molecular formula is C14H15IO4. The van der Waals surface area contributed by atoms with Crippen LogP contribution in [0.15, 0.2) is 36.6 Å². The fourth-order valence-electron chi connectivity index (χ4n) is 1.21. The van der Waals surface area contributed by atoms with Gasteiger partial charge >= 0.3 is 11.9 Å². The van der Waals surface area contributed by atoms with Crippen LogP contribution >= 0.6 is 22.6 Å². The second kappa shape index (κ2) is 8.68. The summed E-state index contributed by atoms with van der Waals surface area (Å²) < 4.78 is 10.5. The normalized spacial score (nSPS) is 10.4. The van der Waals surface area contributed by atoms with E-state index in [2.05, 4.69) is 0 Å². The second-order valence-corrected chi connectivity index (χ2v) is 4.87. The first-order chi connectivity index (χ1) is 9.15. The lowest BCUT2D eigenvalue weighted by atomic mass is 10.2. The molecule has 19 heavy (non-hydrogen) atoms. The fourth-order valence-corrected chi connectivity index (χ4v) is 1.81. The number of rotatable bonds is 6. The Morgan fingerprint density at radius 3 is 2.74 bits per heavy atom. The third-order valence-electron chi connectivity index (χ3n) is 2.22. The van der Waals surface area contributed by atoms with Crippen molar-refractivity contribution in [1.82, 2.24) is 0 Å².